The molecule has 20 heavy (non-hydrogen) atoms. The fourth-order valence-electron chi connectivity index (χ4n) is 2.54. The molecule has 0 spiro atoms. The average molecular weight is 267 g/mol. The molecule has 0 amide bonds. The number of aromatic amines is 1. The fourth-order valence-corrected chi connectivity index (χ4v) is 2.54. The van der Waals surface area contributed by atoms with Crippen LogP contribution in [0.5, 0.6) is 0 Å². The Hall–Kier alpha value is -2.36. The van der Waals surface area contributed by atoms with Crippen molar-refractivity contribution in [1.82, 2.24) is 15.0 Å². The summed E-state index contributed by atoms with van der Waals surface area (Å²) in [4.78, 5) is 11.6. The Morgan fingerprint density at radius 1 is 1.30 bits per heavy atom. The maximum absolute atomic E-state index is 5.09. The normalized spacial score (nSPS) is 12.5. The van der Waals surface area contributed by atoms with Gasteiger partial charge in [-0.15, -0.1) is 0 Å². The van der Waals surface area contributed by atoms with Crippen LogP contribution >= 0.6 is 0 Å². The molecule has 0 aliphatic carbocycles. The number of nitrogens with zero attached hydrogens (tertiary/aromatic N) is 2. The van der Waals surface area contributed by atoms with Crippen molar-refractivity contribution in [1.29, 1.82) is 0 Å². The van der Waals surface area contributed by atoms with Crippen LogP contribution in [-0.4, -0.2) is 15.0 Å². The van der Waals surface area contributed by atoms with E-state index in [0.717, 1.165) is 17.8 Å². The first kappa shape index (κ1) is 12.7. The molecular formula is C16H17N3O. The van der Waals surface area contributed by atoms with Crippen molar-refractivity contribution in [2.24, 2.45) is 0 Å². The van der Waals surface area contributed by atoms with E-state index in [0.29, 0.717) is 0 Å². The molecule has 2 aromatic heterocycles. The number of rotatable bonds is 4. The van der Waals surface area contributed by atoms with Gasteiger partial charge >= 0.3 is 0 Å². The molecule has 1 N–H and O–H groups in total. The van der Waals surface area contributed by atoms with E-state index in [-0.39, 0.29) is 5.92 Å². The van der Waals surface area contributed by atoms with Crippen LogP contribution in [0.4, 0.5) is 0 Å². The number of nitrogens with one attached hydrogen (secondary N) is 1. The highest BCUT2D eigenvalue weighted by molar-refractivity contribution is 5.39. The molecule has 0 aliphatic heterocycles. The quantitative estimate of drug-likeness (QED) is 0.788. The molecule has 3 rings (SSSR count). The van der Waals surface area contributed by atoms with E-state index in [1.54, 1.807) is 12.6 Å². The lowest BCUT2D eigenvalue weighted by Gasteiger charge is -2.18. The molecule has 102 valence electrons. The first-order chi connectivity index (χ1) is 9.75. The Morgan fingerprint density at radius 2 is 2.20 bits per heavy atom. The van der Waals surface area contributed by atoms with E-state index in [9.17, 15) is 0 Å². The van der Waals surface area contributed by atoms with Crippen molar-refractivity contribution in [3.05, 3.63) is 71.5 Å². The van der Waals surface area contributed by atoms with Gasteiger partial charge in [0.05, 0.1) is 12.0 Å². The number of hydrogen-bond acceptors (Lipinski definition) is 3. The molecule has 1 aromatic carbocycles. The Labute approximate surface area is 117 Å². The number of H-pyrrole nitrogens is 1. The molecule has 1 atom stereocenters. The summed E-state index contributed by atoms with van der Waals surface area (Å²) in [6.07, 6.45) is 7.57. The van der Waals surface area contributed by atoms with Crippen molar-refractivity contribution in [3.63, 3.8) is 0 Å². The van der Waals surface area contributed by atoms with Crippen molar-refractivity contribution < 1.29 is 4.42 Å². The molecule has 0 unspecified atom stereocenters. The van der Waals surface area contributed by atoms with Gasteiger partial charge in [0, 0.05) is 24.2 Å². The predicted molar refractivity (Wildman–Crippen MR) is 76.6 cm³/mol. The van der Waals surface area contributed by atoms with E-state index in [1.165, 1.54) is 23.1 Å². The third-order valence-electron chi connectivity index (χ3n) is 3.81. The maximum Gasteiger partial charge on any atom is 0.180 e. The summed E-state index contributed by atoms with van der Waals surface area (Å²) in [7, 11) is 0. The molecule has 4 nitrogen and oxygen atoms in total. The predicted octanol–water partition coefficient (Wildman–Crippen LogP) is 3.39. The topological polar surface area (TPSA) is 54.7 Å². The molecule has 0 radical (unpaired) electrons. The number of hydrogen-bond donors (Lipinski definition) is 1. The van der Waals surface area contributed by atoms with Gasteiger partial charge < -0.3 is 9.40 Å². The SMILES string of the molecule is Cc1cccc([C@H](Cc2cocn2)c2cnc[nH]2)c1C. The summed E-state index contributed by atoms with van der Waals surface area (Å²) in [5.41, 5.74) is 5.97. The van der Waals surface area contributed by atoms with Crippen molar-refractivity contribution in [2.45, 2.75) is 26.2 Å². The van der Waals surface area contributed by atoms with E-state index in [2.05, 4.69) is 47.0 Å². The zero-order valence-electron chi connectivity index (χ0n) is 11.6. The van der Waals surface area contributed by atoms with Crippen LogP contribution in [0, 0.1) is 13.8 Å². The lowest BCUT2D eigenvalue weighted by atomic mass is 9.87. The van der Waals surface area contributed by atoms with Gasteiger partial charge in [0.15, 0.2) is 6.39 Å². The van der Waals surface area contributed by atoms with Gasteiger partial charge in [-0.25, -0.2) is 9.97 Å². The minimum atomic E-state index is 0.211. The highest BCUT2D eigenvalue weighted by atomic mass is 16.3. The summed E-state index contributed by atoms with van der Waals surface area (Å²) >= 11 is 0. The fraction of sp³-hybridized carbons (Fsp3) is 0.250. The molecule has 0 fully saturated rings. The molecule has 4 heteroatoms. The van der Waals surface area contributed by atoms with Crippen LogP contribution in [0.25, 0.3) is 0 Å². The van der Waals surface area contributed by atoms with E-state index < -0.39 is 0 Å². The van der Waals surface area contributed by atoms with E-state index in [4.69, 9.17) is 4.42 Å². The summed E-state index contributed by atoms with van der Waals surface area (Å²) in [6.45, 7) is 4.30. The lowest BCUT2D eigenvalue weighted by Crippen LogP contribution is -2.08. The van der Waals surface area contributed by atoms with Gasteiger partial charge in [-0.2, -0.15) is 0 Å². The molecule has 0 bridgehead atoms. The van der Waals surface area contributed by atoms with Gasteiger partial charge in [-0.05, 0) is 30.5 Å². The molecular weight excluding hydrogens is 250 g/mol. The zero-order chi connectivity index (χ0) is 13.9. The maximum atomic E-state index is 5.09. The second-order valence-electron chi connectivity index (χ2n) is 5.03. The highest BCUT2D eigenvalue weighted by Gasteiger charge is 2.20. The first-order valence-corrected chi connectivity index (χ1v) is 6.67. The van der Waals surface area contributed by atoms with Crippen molar-refractivity contribution >= 4 is 0 Å². The molecule has 3 aromatic rings. The van der Waals surface area contributed by atoms with E-state index in [1.807, 2.05) is 6.20 Å². The highest BCUT2D eigenvalue weighted by Crippen LogP contribution is 2.30. The average Bonchev–Trinajstić information content (AvgIpc) is 3.11. The summed E-state index contributed by atoms with van der Waals surface area (Å²) in [6, 6.07) is 6.41. The number of benzene rings is 1. The number of oxazole rings is 1. The summed E-state index contributed by atoms with van der Waals surface area (Å²) in [5.74, 6) is 0.211. The van der Waals surface area contributed by atoms with Crippen LogP contribution < -0.4 is 0 Å². The van der Waals surface area contributed by atoms with Crippen molar-refractivity contribution in [3.8, 4) is 0 Å². The van der Waals surface area contributed by atoms with Gasteiger partial charge in [-0.3, -0.25) is 0 Å². The minimum Gasteiger partial charge on any atom is -0.451 e. The third kappa shape index (κ3) is 2.37. The molecule has 2 heterocycles. The number of aromatic nitrogens is 3. The van der Waals surface area contributed by atoms with Crippen LogP contribution in [0.1, 0.15) is 34.0 Å². The van der Waals surface area contributed by atoms with E-state index >= 15 is 0 Å². The minimum absolute atomic E-state index is 0.211. The van der Waals surface area contributed by atoms with Crippen molar-refractivity contribution in [2.75, 3.05) is 0 Å². The Kier molecular flexibility index (Phi) is 3.37. The van der Waals surface area contributed by atoms with Gasteiger partial charge in [0.2, 0.25) is 0 Å². The third-order valence-corrected chi connectivity index (χ3v) is 3.81. The first-order valence-electron chi connectivity index (χ1n) is 6.67. The van der Waals surface area contributed by atoms with Gasteiger partial charge in [0.1, 0.15) is 6.26 Å². The van der Waals surface area contributed by atoms with Gasteiger partial charge in [-0.1, -0.05) is 18.2 Å². The number of aryl methyl sites for hydroxylation is 1. The second kappa shape index (κ2) is 5.33. The monoisotopic (exact) mass is 267 g/mol. The summed E-state index contributed by atoms with van der Waals surface area (Å²) in [5, 5.41) is 0. The summed E-state index contributed by atoms with van der Waals surface area (Å²) < 4.78 is 5.09. The van der Waals surface area contributed by atoms with Crippen LogP contribution in [0.2, 0.25) is 0 Å². The largest absolute Gasteiger partial charge is 0.451 e. The van der Waals surface area contributed by atoms with Crippen LogP contribution in [0.3, 0.4) is 0 Å². The molecule has 0 aliphatic rings. The van der Waals surface area contributed by atoms with Gasteiger partial charge in [0.25, 0.3) is 0 Å². The second-order valence-corrected chi connectivity index (χ2v) is 5.03. The number of imidazole rings is 1. The Morgan fingerprint density at radius 3 is 2.90 bits per heavy atom. The smallest absolute Gasteiger partial charge is 0.180 e. The van der Waals surface area contributed by atoms with Crippen LogP contribution in [0.15, 0.2) is 47.8 Å². The lowest BCUT2D eigenvalue weighted by molar-refractivity contribution is 0.555. The zero-order valence-corrected chi connectivity index (χ0v) is 11.6. The Bertz CT molecular complexity index is 672. The standard InChI is InChI=1S/C16H17N3O/c1-11-4-3-5-14(12(11)2)15(16-7-17-9-18-16)6-13-8-20-10-19-13/h3-5,7-10,15H,6H2,1-2H3,(H,17,18)/t15-/m0/s1. The molecule has 0 saturated heterocycles. The molecule has 0 saturated carbocycles. The Balaban J connectivity index is 2.03. The van der Waals surface area contributed by atoms with Crippen LogP contribution in [-0.2, 0) is 6.42 Å².